The van der Waals surface area contributed by atoms with Gasteiger partial charge in [0.2, 0.25) is 0 Å². The van der Waals surface area contributed by atoms with Crippen LogP contribution in [0.4, 0.5) is 0 Å². The highest BCUT2D eigenvalue weighted by Crippen LogP contribution is 2.32. The molecule has 5 nitrogen and oxygen atoms in total. The largest absolute Gasteiger partial charge is 0.465 e. The summed E-state index contributed by atoms with van der Waals surface area (Å²) in [6.45, 7) is 0. The molecule has 1 aliphatic rings. The number of hydrogen-bond acceptors (Lipinski definition) is 5. The van der Waals surface area contributed by atoms with Gasteiger partial charge in [-0.2, -0.15) is 0 Å². The Morgan fingerprint density at radius 1 is 1.00 bits per heavy atom. The first-order valence-electron chi connectivity index (χ1n) is 4.50. The number of esters is 2. The second-order valence-electron chi connectivity index (χ2n) is 3.18. The molecule has 0 aromatic carbocycles. The summed E-state index contributed by atoms with van der Waals surface area (Å²) in [5, 5.41) is 0. The molecule has 2 bridgehead atoms. The van der Waals surface area contributed by atoms with Gasteiger partial charge in [-0.3, -0.25) is 0 Å². The van der Waals surface area contributed by atoms with Gasteiger partial charge in [-0.15, -0.1) is 0 Å². The zero-order valence-corrected chi connectivity index (χ0v) is 8.46. The van der Waals surface area contributed by atoms with E-state index in [4.69, 9.17) is 4.42 Å². The Labute approximate surface area is 86.0 Å². The molecule has 1 aromatic rings. The minimum atomic E-state index is -0.555. The summed E-state index contributed by atoms with van der Waals surface area (Å²) in [4.78, 5) is 22.9. The fraction of sp³-hybridized carbons (Fsp3) is 0.400. The van der Waals surface area contributed by atoms with Crippen LogP contribution < -0.4 is 0 Å². The van der Waals surface area contributed by atoms with E-state index in [0.717, 1.165) is 0 Å². The average molecular weight is 210 g/mol. The van der Waals surface area contributed by atoms with E-state index in [0.29, 0.717) is 24.4 Å². The molecule has 0 fully saturated rings. The fourth-order valence-electron chi connectivity index (χ4n) is 1.74. The molecule has 2 rings (SSSR count). The summed E-state index contributed by atoms with van der Waals surface area (Å²) in [5.74, 6) is -0.0882. The molecule has 0 N–H and O–H groups in total. The van der Waals surface area contributed by atoms with Gasteiger partial charge in [0.05, 0.1) is 14.2 Å². The van der Waals surface area contributed by atoms with Crippen LogP contribution in [0.15, 0.2) is 4.42 Å². The first-order chi connectivity index (χ1) is 7.19. The van der Waals surface area contributed by atoms with E-state index in [-0.39, 0.29) is 11.1 Å². The monoisotopic (exact) mass is 210 g/mol. The number of rotatable bonds is 2. The van der Waals surface area contributed by atoms with Crippen LogP contribution in [-0.4, -0.2) is 26.2 Å². The number of fused-ring (bicyclic) bond motifs is 2. The Kier molecular flexibility index (Phi) is 2.22. The van der Waals surface area contributed by atoms with Gasteiger partial charge in [-0.1, -0.05) is 0 Å². The predicted molar refractivity (Wildman–Crippen MR) is 48.8 cm³/mol. The van der Waals surface area contributed by atoms with Crippen molar-refractivity contribution in [1.29, 1.82) is 0 Å². The number of methoxy groups -OCH3 is 2. The molecule has 5 heteroatoms. The maximum atomic E-state index is 11.4. The molecule has 0 spiro atoms. The maximum Gasteiger partial charge on any atom is 0.342 e. The van der Waals surface area contributed by atoms with Crippen molar-refractivity contribution in [2.24, 2.45) is 0 Å². The van der Waals surface area contributed by atoms with Crippen LogP contribution in [-0.2, 0) is 22.3 Å². The lowest BCUT2D eigenvalue weighted by molar-refractivity contribution is 0.0553. The summed E-state index contributed by atoms with van der Waals surface area (Å²) in [6, 6.07) is 0. The smallest absolute Gasteiger partial charge is 0.342 e. The molecule has 2 heterocycles. The minimum Gasteiger partial charge on any atom is -0.465 e. The first kappa shape index (κ1) is 9.76. The van der Waals surface area contributed by atoms with Gasteiger partial charge in [0.15, 0.2) is 0 Å². The van der Waals surface area contributed by atoms with Crippen molar-refractivity contribution in [2.45, 2.75) is 12.8 Å². The highest BCUT2D eigenvalue weighted by atomic mass is 16.5. The Bertz CT molecular complexity index is 391. The van der Waals surface area contributed by atoms with Gasteiger partial charge in [0, 0.05) is 12.8 Å². The highest BCUT2D eigenvalue weighted by molar-refractivity contribution is 6.05. The zero-order chi connectivity index (χ0) is 11.0. The lowest BCUT2D eigenvalue weighted by Crippen LogP contribution is -2.15. The number of aryl methyl sites for hydroxylation is 2. The van der Waals surface area contributed by atoms with Crippen molar-refractivity contribution in [3.63, 3.8) is 0 Å². The molecule has 0 saturated heterocycles. The summed E-state index contributed by atoms with van der Waals surface area (Å²) < 4.78 is 14.5. The van der Waals surface area contributed by atoms with Crippen LogP contribution in [0.1, 0.15) is 32.2 Å². The van der Waals surface area contributed by atoms with E-state index < -0.39 is 11.9 Å². The molecule has 0 unspecified atom stereocenters. The molecule has 0 radical (unpaired) electrons. The lowest BCUT2D eigenvalue weighted by atomic mass is 9.99. The van der Waals surface area contributed by atoms with E-state index in [9.17, 15) is 9.59 Å². The minimum absolute atomic E-state index is 0.214. The third-order valence-electron chi connectivity index (χ3n) is 2.41. The molecule has 0 saturated carbocycles. The number of carbonyl (C=O) groups excluding carboxylic acids is 2. The Morgan fingerprint density at radius 2 is 1.40 bits per heavy atom. The Hall–Kier alpha value is -1.78. The molecular weight excluding hydrogens is 200 g/mol. The standard InChI is InChI=1S/C10H10O5/c1-13-9(11)7-5-3-4-6(15-5)8(7)10(12)14-2/h3-4H2,1-2H3. The predicted octanol–water partition coefficient (Wildman–Crippen LogP) is 0.951. The molecular formula is C10H10O5. The van der Waals surface area contributed by atoms with Gasteiger partial charge >= 0.3 is 11.9 Å². The molecule has 0 atom stereocenters. The topological polar surface area (TPSA) is 65.7 Å². The fourth-order valence-corrected chi connectivity index (χ4v) is 1.74. The van der Waals surface area contributed by atoms with E-state index in [1.54, 1.807) is 0 Å². The lowest BCUT2D eigenvalue weighted by Gasteiger charge is -2.05. The number of carbonyl (C=O) groups is 2. The van der Waals surface area contributed by atoms with E-state index >= 15 is 0 Å². The van der Waals surface area contributed by atoms with Crippen LogP contribution in [0.5, 0.6) is 0 Å². The quantitative estimate of drug-likeness (QED) is 0.680. The van der Waals surface area contributed by atoms with Crippen molar-refractivity contribution >= 4 is 11.9 Å². The third kappa shape index (κ3) is 1.31. The Balaban J connectivity index is 2.53. The third-order valence-corrected chi connectivity index (χ3v) is 2.41. The molecule has 1 aliphatic heterocycles. The summed E-state index contributed by atoms with van der Waals surface area (Å²) >= 11 is 0. The second-order valence-corrected chi connectivity index (χ2v) is 3.18. The van der Waals surface area contributed by atoms with Gasteiger partial charge in [0.25, 0.3) is 0 Å². The van der Waals surface area contributed by atoms with Gasteiger partial charge in [-0.25, -0.2) is 9.59 Å². The van der Waals surface area contributed by atoms with Crippen molar-refractivity contribution in [2.75, 3.05) is 14.2 Å². The molecule has 1 aromatic heterocycles. The van der Waals surface area contributed by atoms with Gasteiger partial charge < -0.3 is 13.9 Å². The summed E-state index contributed by atoms with van der Waals surface area (Å²) in [5.41, 5.74) is 0.427. The van der Waals surface area contributed by atoms with Crippen molar-refractivity contribution in [3.05, 3.63) is 22.6 Å². The summed E-state index contributed by atoms with van der Waals surface area (Å²) in [7, 11) is 2.53. The number of ether oxygens (including phenoxy) is 2. The zero-order valence-electron chi connectivity index (χ0n) is 8.46. The summed E-state index contributed by atoms with van der Waals surface area (Å²) in [6.07, 6.45) is 1.28. The van der Waals surface area contributed by atoms with Crippen LogP contribution >= 0.6 is 0 Å². The molecule has 80 valence electrons. The van der Waals surface area contributed by atoms with Gasteiger partial charge in [-0.05, 0) is 0 Å². The van der Waals surface area contributed by atoms with E-state index in [1.807, 2.05) is 0 Å². The maximum absolute atomic E-state index is 11.4. The van der Waals surface area contributed by atoms with Gasteiger partial charge in [0.1, 0.15) is 22.6 Å². The molecule has 0 amide bonds. The second kappa shape index (κ2) is 3.42. The highest BCUT2D eigenvalue weighted by Gasteiger charge is 2.34. The van der Waals surface area contributed by atoms with Crippen molar-refractivity contribution in [1.82, 2.24) is 0 Å². The average Bonchev–Trinajstić information content (AvgIpc) is 2.86. The SMILES string of the molecule is COC(=O)c1c2oc(c1C(=O)OC)CC2. The normalized spacial score (nSPS) is 12.7. The van der Waals surface area contributed by atoms with Crippen LogP contribution in [0.25, 0.3) is 0 Å². The Morgan fingerprint density at radius 3 is 1.73 bits per heavy atom. The van der Waals surface area contributed by atoms with Crippen molar-refractivity contribution in [3.8, 4) is 0 Å². The van der Waals surface area contributed by atoms with E-state index in [2.05, 4.69) is 9.47 Å². The van der Waals surface area contributed by atoms with Crippen LogP contribution in [0.3, 0.4) is 0 Å². The first-order valence-corrected chi connectivity index (χ1v) is 4.50. The molecule has 0 aliphatic carbocycles. The number of furan rings is 1. The number of hydrogen-bond donors (Lipinski definition) is 0. The van der Waals surface area contributed by atoms with Crippen LogP contribution in [0, 0.1) is 0 Å². The van der Waals surface area contributed by atoms with Crippen molar-refractivity contribution < 1.29 is 23.5 Å². The molecule has 15 heavy (non-hydrogen) atoms. The van der Waals surface area contributed by atoms with Crippen LogP contribution in [0.2, 0.25) is 0 Å². The van der Waals surface area contributed by atoms with E-state index in [1.165, 1.54) is 14.2 Å².